The van der Waals surface area contributed by atoms with E-state index < -0.39 is 5.91 Å². The molecule has 25 heavy (non-hydrogen) atoms. The number of carbonyl (C=O) groups is 1. The number of rotatable bonds is 4. The Hall–Kier alpha value is -2.86. The predicted molar refractivity (Wildman–Crippen MR) is 101 cm³/mol. The van der Waals surface area contributed by atoms with Crippen molar-refractivity contribution in [3.63, 3.8) is 0 Å². The van der Waals surface area contributed by atoms with Crippen molar-refractivity contribution in [2.24, 2.45) is 5.10 Å². The molecule has 0 heterocycles. The average Bonchev–Trinajstić information content (AvgIpc) is 2.61. The lowest BCUT2D eigenvalue weighted by Gasteiger charge is -2.06. The Morgan fingerprint density at radius 2 is 1.88 bits per heavy atom. The molecule has 0 aromatic heterocycles. The summed E-state index contributed by atoms with van der Waals surface area (Å²) in [5, 5.41) is 15.8. The highest BCUT2D eigenvalue weighted by Gasteiger charge is 2.11. The van der Waals surface area contributed by atoms with Crippen LogP contribution in [0.5, 0.6) is 11.5 Å². The summed E-state index contributed by atoms with van der Waals surface area (Å²) in [5.74, 6) is 0.0506. The molecule has 3 aromatic rings. The van der Waals surface area contributed by atoms with Crippen LogP contribution in [0.15, 0.2) is 64.2 Å². The van der Waals surface area contributed by atoms with Crippen LogP contribution in [0.25, 0.3) is 10.8 Å². The van der Waals surface area contributed by atoms with Crippen LogP contribution in [0.4, 0.5) is 0 Å². The molecule has 0 saturated carbocycles. The van der Waals surface area contributed by atoms with E-state index in [2.05, 4.69) is 26.5 Å². The third-order valence-corrected chi connectivity index (χ3v) is 4.16. The number of methoxy groups -OCH3 is 1. The number of hydrazone groups is 1. The molecule has 0 aliphatic heterocycles. The van der Waals surface area contributed by atoms with Crippen LogP contribution < -0.4 is 10.2 Å². The molecule has 0 atom stereocenters. The van der Waals surface area contributed by atoms with E-state index in [4.69, 9.17) is 4.74 Å². The van der Waals surface area contributed by atoms with Gasteiger partial charge in [0, 0.05) is 10.0 Å². The molecule has 5 nitrogen and oxygen atoms in total. The van der Waals surface area contributed by atoms with Crippen molar-refractivity contribution >= 4 is 38.8 Å². The summed E-state index contributed by atoms with van der Waals surface area (Å²) in [6.07, 6.45) is 1.49. The van der Waals surface area contributed by atoms with Crippen LogP contribution >= 0.6 is 15.9 Å². The number of hydrogen-bond acceptors (Lipinski definition) is 4. The second kappa shape index (κ2) is 7.36. The van der Waals surface area contributed by atoms with Gasteiger partial charge in [0.25, 0.3) is 5.91 Å². The number of ether oxygens (including phenoxy) is 1. The first-order valence-electron chi connectivity index (χ1n) is 7.47. The number of nitrogens with one attached hydrogen (secondary N) is 1. The summed E-state index contributed by atoms with van der Waals surface area (Å²) in [5.41, 5.74) is 3.30. The molecule has 1 amide bonds. The summed E-state index contributed by atoms with van der Waals surface area (Å²) in [6.45, 7) is 0. The zero-order valence-electron chi connectivity index (χ0n) is 13.4. The van der Waals surface area contributed by atoms with Gasteiger partial charge in [0.15, 0.2) is 0 Å². The van der Waals surface area contributed by atoms with Gasteiger partial charge in [-0.3, -0.25) is 4.79 Å². The number of fused-ring (bicyclic) bond motifs is 1. The lowest BCUT2D eigenvalue weighted by Crippen LogP contribution is -2.17. The van der Waals surface area contributed by atoms with Crippen molar-refractivity contribution in [3.05, 3.63) is 70.2 Å². The molecule has 6 heteroatoms. The van der Waals surface area contributed by atoms with E-state index in [0.717, 1.165) is 15.2 Å². The summed E-state index contributed by atoms with van der Waals surface area (Å²) < 4.78 is 6.11. The maximum Gasteiger partial charge on any atom is 0.275 e. The quantitative estimate of drug-likeness (QED) is 0.513. The number of phenolic OH excluding ortho intramolecular Hbond substituents is 1. The lowest BCUT2D eigenvalue weighted by atomic mass is 10.1. The number of halogens is 1. The molecule has 0 bridgehead atoms. The zero-order valence-corrected chi connectivity index (χ0v) is 14.9. The Kier molecular flexibility index (Phi) is 5.00. The summed E-state index contributed by atoms with van der Waals surface area (Å²) in [6, 6.07) is 16.2. The molecular weight excluding hydrogens is 384 g/mol. The second-order valence-corrected chi connectivity index (χ2v) is 6.22. The maximum absolute atomic E-state index is 12.3. The Balaban J connectivity index is 1.81. The van der Waals surface area contributed by atoms with Gasteiger partial charge in [-0.05, 0) is 41.1 Å². The number of phenols is 1. The summed E-state index contributed by atoms with van der Waals surface area (Å²) >= 11 is 3.38. The fraction of sp³-hybridized carbons (Fsp3) is 0.0526. The average molecular weight is 399 g/mol. The SMILES string of the molecule is COc1ccc(Br)cc1C=NNC(=O)c1cc2ccccc2cc1O. The van der Waals surface area contributed by atoms with Crippen molar-refractivity contribution in [2.45, 2.75) is 0 Å². The van der Waals surface area contributed by atoms with E-state index >= 15 is 0 Å². The normalized spacial score (nSPS) is 11.0. The van der Waals surface area contributed by atoms with E-state index in [1.807, 2.05) is 36.4 Å². The van der Waals surface area contributed by atoms with Gasteiger partial charge in [0.1, 0.15) is 11.5 Å². The Bertz CT molecular complexity index is 970. The van der Waals surface area contributed by atoms with Gasteiger partial charge < -0.3 is 9.84 Å². The van der Waals surface area contributed by atoms with Gasteiger partial charge in [0.2, 0.25) is 0 Å². The highest BCUT2D eigenvalue weighted by Crippen LogP contribution is 2.25. The molecule has 3 rings (SSSR count). The first-order valence-corrected chi connectivity index (χ1v) is 8.26. The molecular formula is C19H15BrN2O3. The standard InChI is InChI=1S/C19H15BrN2O3/c1-25-18-7-6-15(20)8-14(18)11-21-22-19(24)16-9-12-4-2-3-5-13(12)10-17(16)23/h2-11,23H,1H3,(H,22,24). The van der Waals surface area contributed by atoms with E-state index in [-0.39, 0.29) is 11.3 Å². The molecule has 0 saturated heterocycles. The van der Waals surface area contributed by atoms with E-state index in [9.17, 15) is 9.90 Å². The first-order chi connectivity index (χ1) is 12.1. The van der Waals surface area contributed by atoms with Crippen LogP contribution in [-0.4, -0.2) is 24.3 Å². The number of amides is 1. The molecule has 0 aliphatic rings. The van der Waals surface area contributed by atoms with Crippen molar-refractivity contribution in [2.75, 3.05) is 7.11 Å². The largest absolute Gasteiger partial charge is 0.507 e. The highest BCUT2D eigenvalue weighted by atomic mass is 79.9. The Morgan fingerprint density at radius 3 is 2.60 bits per heavy atom. The minimum absolute atomic E-state index is 0.0913. The van der Waals surface area contributed by atoms with Crippen LogP contribution in [0, 0.1) is 0 Å². The van der Waals surface area contributed by atoms with Crippen LogP contribution in [0.2, 0.25) is 0 Å². The minimum atomic E-state index is -0.492. The lowest BCUT2D eigenvalue weighted by molar-refractivity contribution is 0.0952. The van der Waals surface area contributed by atoms with E-state index in [0.29, 0.717) is 11.3 Å². The molecule has 126 valence electrons. The van der Waals surface area contributed by atoms with E-state index in [1.54, 1.807) is 25.3 Å². The third-order valence-electron chi connectivity index (χ3n) is 3.67. The van der Waals surface area contributed by atoms with Gasteiger partial charge in [0.05, 0.1) is 18.9 Å². The molecule has 0 radical (unpaired) electrons. The summed E-state index contributed by atoms with van der Waals surface area (Å²) in [4.78, 5) is 12.3. The van der Waals surface area contributed by atoms with Gasteiger partial charge in [-0.15, -0.1) is 0 Å². The third kappa shape index (κ3) is 3.80. The molecule has 3 aromatic carbocycles. The number of nitrogens with zero attached hydrogens (tertiary/aromatic N) is 1. The van der Waals surface area contributed by atoms with Crippen LogP contribution in [0.3, 0.4) is 0 Å². The number of benzene rings is 3. The van der Waals surface area contributed by atoms with Crippen molar-refractivity contribution in [1.29, 1.82) is 0 Å². The minimum Gasteiger partial charge on any atom is -0.507 e. The van der Waals surface area contributed by atoms with Crippen molar-refractivity contribution in [3.8, 4) is 11.5 Å². The van der Waals surface area contributed by atoms with Crippen LogP contribution in [-0.2, 0) is 0 Å². The number of carbonyl (C=O) groups excluding carboxylic acids is 1. The Morgan fingerprint density at radius 1 is 1.16 bits per heavy atom. The van der Waals surface area contributed by atoms with Gasteiger partial charge in [-0.2, -0.15) is 5.10 Å². The van der Waals surface area contributed by atoms with Gasteiger partial charge in [-0.1, -0.05) is 40.2 Å². The molecule has 0 unspecified atom stereocenters. The topological polar surface area (TPSA) is 70.9 Å². The maximum atomic E-state index is 12.3. The zero-order chi connectivity index (χ0) is 17.8. The second-order valence-electron chi connectivity index (χ2n) is 5.30. The van der Waals surface area contributed by atoms with Gasteiger partial charge >= 0.3 is 0 Å². The number of aromatic hydroxyl groups is 1. The van der Waals surface area contributed by atoms with Crippen molar-refractivity contribution < 1.29 is 14.6 Å². The molecule has 0 aliphatic carbocycles. The molecule has 0 spiro atoms. The Labute approximate surface area is 153 Å². The fourth-order valence-electron chi connectivity index (χ4n) is 2.44. The predicted octanol–water partition coefficient (Wildman–Crippen LogP) is 4.08. The van der Waals surface area contributed by atoms with Crippen LogP contribution in [0.1, 0.15) is 15.9 Å². The first kappa shape index (κ1) is 17.0. The monoisotopic (exact) mass is 398 g/mol. The smallest absolute Gasteiger partial charge is 0.275 e. The number of hydrogen-bond donors (Lipinski definition) is 2. The van der Waals surface area contributed by atoms with E-state index in [1.165, 1.54) is 6.21 Å². The van der Waals surface area contributed by atoms with Crippen molar-refractivity contribution in [1.82, 2.24) is 5.43 Å². The summed E-state index contributed by atoms with van der Waals surface area (Å²) in [7, 11) is 1.56. The van der Waals surface area contributed by atoms with Gasteiger partial charge in [-0.25, -0.2) is 5.43 Å². The molecule has 0 fully saturated rings. The molecule has 2 N–H and O–H groups in total. The highest BCUT2D eigenvalue weighted by molar-refractivity contribution is 9.10. The fourth-order valence-corrected chi connectivity index (χ4v) is 2.82.